The number of benzene rings is 1. The van der Waals surface area contributed by atoms with E-state index in [0.29, 0.717) is 16.9 Å². The Balaban J connectivity index is 3.37. The minimum atomic E-state index is -1.41. The second-order valence-corrected chi connectivity index (χ2v) is 5.37. The van der Waals surface area contributed by atoms with E-state index in [1.165, 1.54) is 7.11 Å². The Hall–Kier alpha value is -1.36. The molecule has 106 valence electrons. The molecule has 0 aliphatic heterocycles. The zero-order valence-corrected chi connectivity index (χ0v) is 12.2. The predicted molar refractivity (Wildman–Crippen MR) is 74.0 cm³/mol. The highest BCUT2D eigenvalue weighted by Gasteiger charge is 2.42. The molecule has 1 atom stereocenters. The molecule has 0 bridgehead atoms. The van der Waals surface area contributed by atoms with Gasteiger partial charge in [0, 0.05) is 12.7 Å². The van der Waals surface area contributed by atoms with Gasteiger partial charge in [-0.1, -0.05) is 39.5 Å². The Bertz CT molecular complexity index is 442. The van der Waals surface area contributed by atoms with Gasteiger partial charge >= 0.3 is 0 Å². The quantitative estimate of drug-likeness (QED) is 0.383. The summed E-state index contributed by atoms with van der Waals surface area (Å²) in [5.41, 5.74) is 0.928. The molecule has 0 aliphatic rings. The summed E-state index contributed by atoms with van der Waals surface area (Å²) < 4.78 is 10.6. The number of ether oxygens (including phenoxy) is 2. The molecule has 0 radical (unpaired) electrons. The smallest absolute Gasteiger partial charge is 0.249 e. The molecule has 1 unspecified atom stereocenters. The Labute approximate surface area is 114 Å². The van der Waals surface area contributed by atoms with Crippen LogP contribution in [-0.2, 0) is 15.4 Å². The summed E-state index contributed by atoms with van der Waals surface area (Å²) in [4.78, 5) is 4.68. The first-order valence-electron chi connectivity index (χ1n) is 6.04. The molecule has 1 aromatic rings. The van der Waals surface area contributed by atoms with Gasteiger partial charge < -0.3 is 9.47 Å². The highest BCUT2D eigenvalue weighted by Crippen LogP contribution is 2.42. The van der Waals surface area contributed by atoms with Gasteiger partial charge in [0.15, 0.2) is 0 Å². The zero-order chi connectivity index (χ0) is 14.7. The van der Waals surface area contributed by atoms with Gasteiger partial charge in [0.2, 0.25) is 5.79 Å². The molecule has 1 aromatic carbocycles. The van der Waals surface area contributed by atoms with E-state index in [1.807, 2.05) is 20.8 Å². The predicted octanol–water partition coefficient (Wildman–Crippen LogP) is 3.59. The average molecular weight is 266 g/mol. The van der Waals surface area contributed by atoms with E-state index < -0.39 is 5.79 Å². The fourth-order valence-electron chi connectivity index (χ4n) is 1.88. The second kappa shape index (κ2) is 5.74. The van der Waals surface area contributed by atoms with Gasteiger partial charge in [-0.3, -0.25) is 0 Å². The molecule has 1 rings (SSSR count). The minimum Gasteiger partial charge on any atom is -0.497 e. The number of hydrogen-bond donors (Lipinski definition) is 1. The van der Waals surface area contributed by atoms with E-state index in [4.69, 9.17) is 9.47 Å². The molecule has 0 spiro atoms. The average Bonchev–Trinajstić information content (AvgIpc) is 2.40. The Morgan fingerprint density at radius 3 is 2.26 bits per heavy atom. The standard InChI is InChI=1S/C15H22O4/c1-11(14(2,3)4)15(18-6,19-16)12-8-7-9-13(10-12)17-5/h7-10,16H,1H2,2-6H3. The van der Waals surface area contributed by atoms with Crippen molar-refractivity contribution in [2.45, 2.75) is 26.6 Å². The van der Waals surface area contributed by atoms with Crippen LogP contribution in [0.1, 0.15) is 26.3 Å². The van der Waals surface area contributed by atoms with E-state index in [9.17, 15) is 5.26 Å². The van der Waals surface area contributed by atoms with E-state index >= 15 is 0 Å². The van der Waals surface area contributed by atoms with Crippen molar-refractivity contribution in [1.29, 1.82) is 0 Å². The van der Waals surface area contributed by atoms with Crippen molar-refractivity contribution in [3.8, 4) is 5.75 Å². The molecule has 4 heteroatoms. The largest absolute Gasteiger partial charge is 0.497 e. The third-order valence-electron chi connectivity index (χ3n) is 3.17. The van der Waals surface area contributed by atoms with Crippen molar-refractivity contribution in [3.63, 3.8) is 0 Å². The minimum absolute atomic E-state index is 0.304. The summed E-state index contributed by atoms with van der Waals surface area (Å²) in [6, 6.07) is 7.15. The molecule has 4 nitrogen and oxygen atoms in total. The van der Waals surface area contributed by atoms with Gasteiger partial charge in [-0.2, -0.15) is 4.89 Å². The molecule has 19 heavy (non-hydrogen) atoms. The van der Waals surface area contributed by atoms with Crippen molar-refractivity contribution in [2.24, 2.45) is 5.41 Å². The third-order valence-corrected chi connectivity index (χ3v) is 3.17. The molecular weight excluding hydrogens is 244 g/mol. The maximum Gasteiger partial charge on any atom is 0.249 e. The van der Waals surface area contributed by atoms with Crippen molar-refractivity contribution in [2.75, 3.05) is 14.2 Å². The molecular formula is C15H22O4. The highest BCUT2D eigenvalue weighted by atomic mass is 17.1. The van der Waals surface area contributed by atoms with Crippen LogP contribution in [0.25, 0.3) is 0 Å². The van der Waals surface area contributed by atoms with Crippen LogP contribution < -0.4 is 4.74 Å². The monoisotopic (exact) mass is 266 g/mol. The SMILES string of the molecule is C=C(C(C)(C)C)C(OC)(OO)c1cccc(OC)c1. The lowest BCUT2D eigenvalue weighted by molar-refractivity contribution is -0.394. The summed E-state index contributed by atoms with van der Waals surface area (Å²) in [6.07, 6.45) is 0. The summed E-state index contributed by atoms with van der Waals surface area (Å²) in [5.74, 6) is -0.759. The van der Waals surface area contributed by atoms with E-state index in [1.54, 1.807) is 31.4 Å². The van der Waals surface area contributed by atoms with Crippen molar-refractivity contribution in [1.82, 2.24) is 0 Å². The van der Waals surface area contributed by atoms with Gasteiger partial charge in [0.1, 0.15) is 5.75 Å². The van der Waals surface area contributed by atoms with Gasteiger partial charge in [-0.15, -0.1) is 0 Å². The summed E-state index contributed by atoms with van der Waals surface area (Å²) in [6.45, 7) is 9.94. The molecule has 1 N–H and O–H groups in total. The van der Waals surface area contributed by atoms with Crippen molar-refractivity contribution < 1.29 is 19.6 Å². The fourth-order valence-corrected chi connectivity index (χ4v) is 1.88. The topological polar surface area (TPSA) is 47.9 Å². The highest BCUT2D eigenvalue weighted by molar-refractivity contribution is 5.37. The van der Waals surface area contributed by atoms with Gasteiger partial charge in [-0.25, -0.2) is 5.26 Å². The summed E-state index contributed by atoms with van der Waals surface area (Å²) >= 11 is 0. The van der Waals surface area contributed by atoms with Crippen LogP contribution in [0, 0.1) is 5.41 Å². The molecule has 0 heterocycles. The summed E-state index contributed by atoms with van der Waals surface area (Å²) in [7, 11) is 3.04. The first-order chi connectivity index (χ1) is 8.81. The first-order valence-corrected chi connectivity index (χ1v) is 6.04. The third kappa shape index (κ3) is 2.97. The second-order valence-electron chi connectivity index (χ2n) is 5.37. The summed E-state index contributed by atoms with van der Waals surface area (Å²) in [5, 5.41) is 9.40. The Morgan fingerprint density at radius 2 is 1.84 bits per heavy atom. The molecule has 0 amide bonds. The molecule has 0 aromatic heterocycles. The van der Waals surface area contributed by atoms with Crippen LogP contribution in [0.4, 0.5) is 0 Å². The zero-order valence-electron chi connectivity index (χ0n) is 12.2. The fraction of sp³-hybridized carbons (Fsp3) is 0.467. The first kappa shape index (κ1) is 15.7. The number of rotatable bonds is 5. The van der Waals surface area contributed by atoms with Crippen LogP contribution >= 0.6 is 0 Å². The van der Waals surface area contributed by atoms with Crippen molar-refractivity contribution >= 4 is 0 Å². The lowest BCUT2D eigenvalue weighted by Crippen LogP contribution is -2.38. The molecule has 0 fully saturated rings. The molecule has 0 saturated carbocycles. The van der Waals surface area contributed by atoms with Gasteiger partial charge in [0.05, 0.1) is 7.11 Å². The van der Waals surface area contributed by atoms with Gasteiger partial charge in [0.25, 0.3) is 0 Å². The van der Waals surface area contributed by atoms with Crippen LogP contribution in [-0.4, -0.2) is 19.5 Å². The lowest BCUT2D eigenvalue weighted by atomic mass is 9.79. The lowest BCUT2D eigenvalue weighted by Gasteiger charge is -2.37. The number of methoxy groups -OCH3 is 2. The Morgan fingerprint density at radius 1 is 1.21 bits per heavy atom. The van der Waals surface area contributed by atoms with Crippen LogP contribution in [0.2, 0.25) is 0 Å². The van der Waals surface area contributed by atoms with Gasteiger partial charge in [-0.05, 0) is 23.1 Å². The molecule has 0 saturated heterocycles. The van der Waals surface area contributed by atoms with E-state index in [0.717, 1.165) is 0 Å². The normalized spacial score (nSPS) is 14.8. The Kier molecular flexibility index (Phi) is 4.74. The van der Waals surface area contributed by atoms with Crippen LogP contribution in [0.15, 0.2) is 36.4 Å². The van der Waals surface area contributed by atoms with Crippen LogP contribution in [0.5, 0.6) is 5.75 Å². The van der Waals surface area contributed by atoms with Crippen LogP contribution in [0.3, 0.4) is 0 Å². The van der Waals surface area contributed by atoms with E-state index in [2.05, 4.69) is 11.5 Å². The number of hydrogen-bond acceptors (Lipinski definition) is 4. The van der Waals surface area contributed by atoms with E-state index in [-0.39, 0.29) is 5.41 Å². The maximum atomic E-state index is 9.40. The molecule has 0 aliphatic carbocycles. The maximum absolute atomic E-state index is 9.40. The van der Waals surface area contributed by atoms with Crippen molar-refractivity contribution in [3.05, 3.63) is 42.0 Å².